The Bertz CT molecular complexity index is 848. The molecule has 1 unspecified atom stereocenters. The van der Waals surface area contributed by atoms with Crippen LogP contribution in [0.15, 0.2) is 42.5 Å². The average Bonchev–Trinajstić information content (AvgIpc) is 2.99. The average molecular weight is 329 g/mol. The fraction of sp³-hybridized carbons (Fsp3) is 0.333. The second-order valence-corrected chi connectivity index (χ2v) is 6.90. The normalized spacial score (nSPS) is 24.3. The first-order valence-electron chi connectivity index (χ1n) is 8.72. The molecule has 0 spiro atoms. The van der Waals surface area contributed by atoms with E-state index in [1.807, 2.05) is 30.3 Å². The van der Waals surface area contributed by atoms with Gasteiger partial charge in [-0.3, -0.25) is 0 Å². The number of nitrogens with one attached hydrogen (secondary N) is 1. The fourth-order valence-corrected chi connectivity index (χ4v) is 3.93. The van der Waals surface area contributed by atoms with Gasteiger partial charge in [0.1, 0.15) is 11.9 Å². The Morgan fingerprint density at radius 2 is 1.52 bits per heavy atom. The summed E-state index contributed by atoms with van der Waals surface area (Å²) in [6.07, 6.45) is 4.73. The smallest absolute Gasteiger partial charge is 0.121 e. The van der Waals surface area contributed by atoms with Crippen molar-refractivity contribution in [3.63, 3.8) is 0 Å². The molecule has 2 heterocycles. The number of fused-ring (bicyclic) bond motifs is 2. The van der Waals surface area contributed by atoms with Crippen molar-refractivity contribution >= 4 is 0 Å². The number of hydrogen-bond donors (Lipinski definition) is 1. The molecule has 4 nitrogen and oxygen atoms in total. The molecule has 2 bridgehead atoms. The third-order valence-corrected chi connectivity index (χ3v) is 5.12. The van der Waals surface area contributed by atoms with Crippen LogP contribution in [0.4, 0.5) is 0 Å². The van der Waals surface area contributed by atoms with E-state index in [0.717, 1.165) is 29.7 Å². The topological polar surface area (TPSA) is 68.8 Å². The van der Waals surface area contributed by atoms with Gasteiger partial charge in [0.25, 0.3) is 0 Å². The molecule has 0 amide bonds. The van der Waals surface area contributed by atoms with Gasteiger partial charge >= 0.3 is 0 Å². The highest BCUT2D eigenvalue weighted by molar-refractivity contribution is 5.68. The van der Waals surface area contributed by atoms with Crippen molar-refractivity contribution in [2.75, 3.05) is 0 Å². The summed E-state index contributed by atoms with van der Waals surface area (Å²) in [6, 6.07) is 18.6. The summed E-state index contributed by atoms with van der Waals surface area (Å²) in [4.78, 5) is 0. The Kier molecular flexibility index (Phi) is 4.14. The largest absolute Gasteiger partial charge is 0.490 e. The van der Waals surface area contributed by atoms with Crippen LogP contribution in [-0.2, 0) is 0 Å². The molecule has 4 heteroatoms. The standard InChI is InChI=1S/C21H19N3O/c22-12-14-1-3-16(4-2-14)17-7-15(13-23)8-20(9-17)25-21-10-18-5-6-19(11-21)24-18/h1-4,7-9,18-19,21,24H,5-6,10-11H2/t18-,19+,21?. The van der Waals surface area contributed by atoms with Gasteiger partial charge in [0.2, 0.25) is 0 Å². The van der Waals surface area contributed by atoms with E-state index in [9.17, 15) is 5.26 Å². The highest BCUT2D eigenvalue weighted by Gasteiger charge is 2.34. The summed E-state index contributed by atoms with van der Waals surface area (Å²) in [5.41, 5.74) is 3.14. The van der Waals surface area contributed by atoms with E-state index in [0.29, 0.717) is 23.2 Å². The van der Waals surface area contributed by atoms with Crippen molar-refractivity contribution in [3.8, 4) is 29.0 Å². The van der Waals surface area contributed by atoms with Crippen LogP contribution in [-0.4, -0.2) is 18.2 Å². The van der Waals surface area contributed by atoms with E-state index in [4.69, 9.17) is 10.00 Å². The number of rotatable bonds is 3. The summed E-state index contributed by atoms with van der Waals surface area (Å²) < 4.78 is 6.24. The minimum atomic E-state index is 0.210. The van der Waals surface area contributed by atoms with Crippen LogP contribution < -0.4 is 10.1 Å². The van der Waals surface area contributed by atoms with Crippen LogP contribution >= 0.6 is 0 Å². The second kappa shape index (κ2) is 6.59. The molecule has 3 atom stereocenters. The van der Waals surface area contributed by atoms with Gasteiger partial charge in [0.05, 0.1) is 23.3 Å². The van der Waals surface area contributed by atoms with Crippen LogP contribution in [0.2, 0.25) is 0 Å². The fourth-order valence-electron chi connectivity index (χ4n) is 3.93. The van der Waals surface area contributed by atoms with Gasteiger partial charge in [-0.25, -0.2) is 0 Å². The molecular weight excluding hydrogens is 310 g/mol. The first kappa shape index (κ1) is 15.7. The maximum absolute atomic E-state index is 9.36. The van der Waals surface area contributed by atoms with Crippen LogP contribution in [0.25, 0.3) is 11.1 Å². The first-order valence-corrected chi connectivity index (χ1v) is 8.72. The molecule has 2 saturated heterocycles. The Morgan fingerprint density at radius 3 is 2.16 bits per heavy atom. The molecule has 0 saturated carbocycles. The summed E-state index contributed by atoms with van der Waals surface area (Å²) >= 11 is 0. The van der Waals surface area contributed by atoms with E-state index in [1.165, 1.54) is 12.8 Å². The Balaban J connectivity index is 1.60. The number of nitriles is 2. The summed E-state index contributed by atoms with van der Waals surface area (Å²) in [5.74, 6) is 0.754. The lowest BCUT2D eigenvalue weighted by Gasteiger charge is -2.29. The molecule has 2 fully saturated rings. The van der Waals surface area contributed by atoms with Gasteiger partial charge in [-0.2, -0.15) is 10.5 Å². The van der Waals surface area contributed by atoms with Crippen molar-refractivity contribution in [2.24, 2.45) is 0 Å². The molecule has 0 aliphatic carbocycles. The zero-order chi connectivity index (χ0) is 17.2. The molecule has 0 aromatic heterocycles. The number of ether oxygens (including phenoxy) is 1. The van der Waals surface area contributed by atoms with Crippen LogP contribution in [0, 0.1) is 22.7 Å². The molecule has 0 radical (unpaired) electrons. The molecule has 124 valence electrons. The molecule has 1 N–H and O–H groups in total. The minimum Gasteiger partial charge on any atom is -0.490 e. The predicted octanol–water partition coefficient (Wildman–Crippen LogP) is 3.76. The highest BCUT2D eigenvalue weighted by Crippen LogP contribution is 2.32. The Hall–Kier alpha value is -2.82. The second-order valence-electron chi connectivity index (χ2n) is 6.90. The van der Waals surface area contributed by atoms with E-state index in [1.54, 1.807) is 12.1 Å². The zero-order valence-electron chi connectivity index (χ0n) is 13.9. The molecular formula is C21H19N3O. The van der Waals surface area contributed by atoms with Gasteiger partial charge in [-0.1, -0.05) is 12.1 Å². The summed E-state index contributed by atoms with van der Waals surface area (Å²) in [5, 5.41) is 21.9. The van der Waals surface area contributed by atoms with Crippen molar-refractivity contribution in [1.29, 1.82) is 10.5 Å². The molecule has 2 aromatic rings. The number of hydrogen-bond acceptors (Lipinski definition) is 4. The van der Waals surface area contributed by atoms with Gasteiger partial charge in [-0.05, 0) is 67.1 Å². The van der Waals surface area contributed by atoms with E-state index >= 15 is 0 Å². The highest BCUT2D eigenvalue weighted by atomic mass is 16.5. The third kappa shape index (κ3) is 3.36. The van der Waals surface area contributed by atoms with Crippen molar-refractivity contribution in [3.05, 3.63) is 53.6 Å². The number of piperidine rings is 1. The summed E-state index contributed by atoms with van der Waals surface area (Å²) in [6.45, 7) is 0. The predicted molar refractivity (Wildman–Crippen MR) is 94.9 cm³/mol. The number of benzene rings is 2. The monoisotopic (exact) mass is 329 g/mol. The first-order chi connectivity index (χ1) is 12.2. The minimum absolute atomic E-state index is 0.210. The third-order valence-electron chi connectivity index (χ3n) is 5.12. The number of nitrogens with zero attached hydrogens (tertiary/aromatic N) is 2. The maximum atomic E-state index is 9.36. The molecule has 4 rings (SSSR count). The van der Waals surface area contributed by atoms with Gasteiger partial charge in [-0.15, -0.1) is 0 Å². The Morgan fingerprint density at radius 1 is 0.840 bits per heavy atom. The van der Waals surface area contributed by atoms with Crippen molar-refractivity contribution in [2.45, 2.75) is 43.9 Å². The molecule has 2 aromatic carbocycles. The molecule has 25 heavy (non-hydrogen) atoms. The maximum Gasteiger partial charge on any atom is 0.121 e. The lowest BCUT2D eigenvalue weighted by molar-refractivity contribution is 0.137. The Labute approximate surface area is 147 Å². The zero-order valence-corrected chi connectivity index (χ0v) is 13.9. The van der Waals surface area contributed by atoms with Gasteiger partial charge in [0.15, 0.2) is 0 Å². The van der Waals surface area contributed by atoms with Crippen LogP contribution in [0.3, 0.4) is 0 Å². The lowest BCUT2D eigenvalue weighted by atomic mass is 10.0. The van der Waals surface area contributed by atoms with Crippen LogP contribution in [0.1, 0.15) is 36.8 Å². The van der Waals surface area contributed by atoms with Gasteiger partial charge in [0, 0.05) is 12.1 Å². The van der Waals surface area contributed by atoms with Crippen LogP contribution in [0.5, 0.6) is 5.75 Å². The quantitative estimate of drug-likeness (QED) is 0.931. The van der Waals surface area contributed by atoms with Crippen molar-refractivity contribution in [1.82, 2.24) is 5.32 Å². The van der Waals surface area contributed by atoms with E-state index < -0.39 is 0 Å². The summed E-state index contributed by atoms with van der Waals surface area (Å²) in [7, 11) is 0. The molecule has 2 aliphatic heterocycles. The van der Waals surface area contributed by atoms with Crippen molar-refractivity contribution < 1.29 is 4.74 Å². The van der Waals surface area contributed by atoms with E-state index in [-0.39, 0.29) is 6.10 Å². The van der Waals surface area contributed by atoms with E-state index in [2.05, 4.69) is 17.5 Å². The SMILES string of the molecule is N#Cc1ccc(-c2cc(C#N)cc(OC3C[C@H]4CC[C@@H](C3)N4)c2)cc1. The van der Waals surface area contributed by atoms with Gasteiger partial charge < -0.3 is 10.1 Å². The molecule has 2 aliphatic rings. The lowest BCUT2D eigenvalue weighted by Crippen LogP contribution is -2.42.